The van der Waals surface area contributed by atoms with Crippen LogP contribution in [0.25, 0.3) is 5.69 Å². The summed E-state index contributed by atoms with van der Waals surface area (Å²) < 4.78 is 5.94. The van der Waals surface area contributed by atoms with Gasteiger partial charge in [-0.2, -0.15) is 5.26 Å². The van der Waals surface area contributed by atoms with E-state index < -0.39 is 0 Å². The molecule has 6 nitrogen and oxygen atoms in total. The number of hydrogen-bond acceptors (Lipinski definition) is 5. The van der Waals surface area contributed by atoms with Gasteiger partial charge >= 0.3 is 0 Å². The Morgan fingerprint density at radius 2 is 1.82 bits per heavy atom. The lowest BCUT2D eigenvalue weighted by molar-refractivity contribution is 0.204. The van der Waals surface area contributed by atoms with Gasteiger partial charge in [-0.15, -0.1) is 0 Å². The molecule has 0 spiro atoms. The van der Waals surface area contributed by atoms with Crippen molar-refractivity contribution in [1.29, 1.82) is 5.26 Å². The zero-order chi connectivity index (χ0) is 19.5. The fourth-order valence-electron chi connectivity index (χ4n) is 3.37. The molecule has 3 heterocycles. The van der Waals surface area contributed by atoms with E-state index in [0.29, 0.717) is 5.56 Å². The maximum Gasteiger partial charge on any atom is 0.185 e. The second-order valence-corrected chi connectivity index (χ2v) is 7.91. The first-order valence-electron chi connectivity index (χ1n) is 9.02. The summed E-state index contributed by atoms with van der Waals surface area (Å²) in [6, 6.07) is 14.0. The number of pyridine rings is 1. The number of halogens is 1. The van der Waals surface area contributed by atoms with Crippen molar-refractivity contribution in [3.8, 4) is 11.8 Å². The van der Waals surface area contributed by atoms with Crippen molar-refractivity contribution in [2.75, 3.05) is 31.1 Å². The topological polar surface area (TPSA) is 53.0 Å². The molecule has 0 radical (unpaired) electrons. The highest BCUT2D eigenvalue weighted by Gasteiger charge is 2.20. The average molecular weight is 455 g/mol. The lowest BCUT2D eigenvalue weighted by Crippen LogP contribution is -2.47. The Balaban J connectivity index is 1.42. The summed E-state index contributed by atoms with van der Waals surface area (Å²) in [5.41, 5.74) is 1.68. The van der Waals surface area contributed by atoms with E-state index in [4.69, 9.17) is 12.2 Å². The molecule has 0 aliphatic carbocycles. The van der Waals surface area contributed by atoms with Crippen LogP contribution in [-0.2, 0) is 6.67 Å². The van der Waals surface area contributed by atoms with Crippen molar-refractivity contribution in [1.82, 2.24) is 19.0 Å². The fraction of sp³-hybridized carbons (Fsp3) is 0.250. The van der Waals surface area contributed by atoms with E-state index in [1.165, 1.54) is 0 Å². The van der Waals surface area contributed by atoms with Crippen molar-refractivity contribution < 1.29 is 0 Å². The first-order valence-corrected chi connectivity index (χ1v) is 10.2. The maximum absolute atomic E-state index is 9.29. The van der Waals surface area contributed by atoms with Crippen LogP contribution in [0.3, 0.4) is 0 Å². The minimum Gasteiger partial charge on any atom is -0.353 e. The highest BCUT2D eigenvalue weighted by molar-refractivity contribution is 9.10. The molecule has 28 heavy (non-hydrogen) atoms. The van der Waals surface area contributed by atoms with E-state index in [9.17, 15) is 5.26 Å². The van der Waals surface area contributed by atoms with Gasteiger partial charge in [0.25, 0.3) is 0 Å². The number of rotatable bonds is 4. The second kappa shape index (κ2) is 8.27. The maximum atomic E-state index is 9.29. The minimum absolute atomic E-state index is 0.629. The molecule has 0 bridgehead atoms. The van der Waals surface area contributed by atoms with Gasteiger partial charge in [0.15, 0.2) is 4.77 Å². The van der Waals surface area contributed by atoms with Crippen molar-refractivity contribution >= 4 is 34.0 Å². The molecular formula is C20H19BrN6S. The molecule has 2 aromatic heterocycles. The molecule has 1 fully saturated rings. The standard InChI is InChI=1S/C20H19BrN6S/c21-17-3-5-18(6-4-17)27-13-12-26(20(27)28)15-24-8-10-25(11-9-24)19-16(14-22)2-1-7-23-19/h1-7,12-13H,8-11,15H2. The van der Waals surface area contributed by atoms with Crippen molar-refractivity contribution in [3.63, 3.8) is 0 Å². The van der Waals surface area contributed by atoms with Gasteiger partial charge in [0.1, 0.15) is 11.9 Å². The van der Waals surface area contributed by atoms with Gasteiger partial charge in [0, 0.05) is 54.9 Å². The van der Waals surface area contributed by atoms with Gasteiger partial charge in [-0.05, 0) is 48.6 Å². The molecule has 4 rings (SSSR count). The molecule has 0 N–H and O–H groups in total. The number of anilines is 1. The lowest BCUT2D eigenvalue weighted by Gasteiger charge is -2.35. The Bertz CT molecular complexity index is 1060. The highest BCUT2D eigenvalue weighted by Crippen LogP contribution is 2.19. The average Bonchev–Trinajstić information content (AvgIpc) is 3.09. The smallest absolute Gasteiger partial charge is 0.185 e. The third-order valence-electron chi connectivity index (χ3n) is 4.88. The lowest BCUT2D eigenvalue weighted by atomic mass is 10.2. The second-order valence-electron chi connectivity index (χ2n) is 6.63. The molecule has 0 atom stereocenters. The number of benzene rings is 1. The molecule has 3 aromatic rings. The van der Waals surface area contributed by atoms with Crippen LogP contribution in [0, 0.1) is 16.1 Å². The molecule has 1 saturated heterocycles. The molecule has 8 heteroatoms. The summed E-state index contributed by atoms with van der Waals surface area (Å²) in [5.74, 6) is 0.780. The summed E-state index contributed by atoms with van der Waals surface area (Å²) in [4.78, 5) is 8.95. The molecular weight excluding hydrogens is 436 g/mol. The van der Waals surface area contributed by atoms with Crippen LogP contribution in [0.1, 0.15) is 5.56 Å². The quantitative estimate of drug-likeness (QED) is 0.560. The Morgan fingerprint density at radius 1 is 1.07 bits per heavy atom. The molecule has 1 aliphatic heterocycles. The first-order chi connectivity index (χ1) is 13.7. The third kappa shape index (κ3) is 3.87. The van der Waals surface area contributed by atoms with Crippen LogP contribution >= 0.6 is 28.1 Å². The molecule has 1 aliphatic rings. The van der Waals surface area contributed by atoms with Crippen LogP contribution in [0.15, 0.2) is 59.5 Å². The number of nitriles is 1. The van der Waals surface area contributed by atoms with Gasteiger partial charge in [-0.3, -0.25) is 9.47 Å². The minimum atomic E-state index is 0.629. The van der Waals surface area contributed by atoms with E-state index in [-0.39, 0.29) is 0 Å². The number of imidazole rings is 1. The van der Waals surface area contributed by atoms with Crippen LogP contribution in [-0.4, -0.2) is 45.2 Å². The van der Waals surface area contributed by atoms with Gasteiger partial charge in [-0.1, -0.05) is 15.9 Å². The van der Waals surface area contributed by atoms with Crippen molar-refractivity contribution in [2.24, 2.45) is 0 Å². The fourth-order valence-corrected chi connectivity index (χ4v) is 3.92. The summed E-state index contributed by atoms with van der Waals surface area (Å²) in [6.07, 6.45) is 5.78. The van der Waals surface area contributed by atoms with E-state index in [0.717, 1.165) is 53.6 Å². The Labute approximate surface area is 177 Å². The molecule has 0 unspecified atom stereocenters. The van der Waals surface area contributed by atoms with Crippen molar-refractivity contribution in [3.05, 3.63) is 69.8 Å². The number of piperazine rings is 1. The van der Waals surface area contributed by atoms with Crippen LogP contribution in [0.4, 0.5) is 5.82 Å². The van der Waals surface area contributed by atoms with Crippen molar-refractivity contribution in [2.45, 2.75) is 6.67 Å². The Morgan fingerprint density at radius 3 is 2.54 bits per heavy atom. The number of aromatic nitrogens is 3. The van der Waals surface area contributed by atoms with Gasteiger partial charge < -0.3 is 9.47 Å². The number of nitrogens with zero attached hydrogens (tertiary/aromatic N) is 6. The van der Waals surface area contributed by atoms with E-state index in [2.05, 4.69) is 41.4 Å². The van der Waals surface area contributed by atoms with Gasteiger partial charge in [-0.25, -0.2) is 4.98 Å². The number of hydrogen-bond donors (Lipinski definition) is 0. The molecule has 1 aromatic carbocycles. The van der Waals surface area contributed by atoms with E-state index >= 15 is 0 Å². The highest BCUT2D eigenvalue weighted by atomic mass is 79.9. The zero-order valence-corrected chi connectivity index (χ0v) is 17.6. The molecule has 0 saturated carbocycles. The van der Waals surface area contributed by atoms with E-state index in [1.807, 2.05) is 47.3 Å². The van der Waals surface area contributed by atoms with Gasteiger partial charge in [0.2, 0.25) is 0 Å². The first kappa shape index (κ1) is 18.9. The summed E-state index contributed by atoms with van der Waals surface area (Å²) in [6.45, 7) is 4.22. The largest absolute Gasteiger partial charge is 0.353 e. The van der Waals surface area contributed by atoms with Crippen LogP contribution in [0.2, 0.25) is 0 Å². The summed E-state index contributed by atoms with van der Waals surface area (Å²) >= 11 is 9.14. The Hall–Kier alpha value is -2.47. The normalized spacial score (nSPS) is 14.8. The predicted octanol–water partition coefficient (Wildman–Crippen LogP) is 3.82. The summed E-state index contributed by atoms with van der Waals surface area (Å²) in [7, 11) is 0. The Kier molecular flexibility index (Phi) is 5.57. The molecule has 0 amide bonds. The molecule has 142 valence electrons. The van der Waals surface area contributed by atoms with Gasteiger partial charge in [0.05, 0.1) is 12.2 Å². The third-order valence-corrected chi connectivity index (χ3v) is 5.84. The SMILES string of the molecule is N#Cc1cccnc1N1CCN(Cn2ccn(-c3ccc(Br)cc3)c2=S)CC1. The monoisotopic (exact) mass is 454 g/mol. The van der Waals surface area contributed by atoms with Crippen LogP contribution in [0.5, 0.6) is 0 Å². The van der Waals surface area contributed by atoms with E-state index in [1.54, 1.807) is 12.3 Å². The van der Waals surface area contributed by atoms with Crippen LogP contribution < -0.4 is 4.90 Å². The zero-order valence-electron chi connectivity index (χ0n) is 15.2. The predicted molar refractivity (Wildman–Crippen MR) is 115 cm³/mol. The summed E-state index contributed by atoms with van der Waals surface area (Å²) in [5, 5.41) is 9.29.